The van der Waals surface area contributed by atoms with E-state index in [2.05, 4.69) is 32.7 Å². The predicted octanol–water partition coefficient (Wildman–Crippen LogP) is 4.93. The standard InChI is InChI=1S/C26H30BrFN8OS.CH4/c1-5-19-25(33(4)26-30-23(24(27)38-26)17-6-8-18(28)9-7-17)36-20(29-19)10-11-21(31-36)35-14-12-34(13-15-35)16-22(37)32(2)3;/h6-11H,5,12-16H2,1-4H3;1H4. The maximum Gasteiger partial charge on any atom is 0.236 e. The van der Waals surface area contributed by atoms with Crippen LogP contribution in [0.3, 0.4) is 0 Å². The second-order valence-corrected chi connectivity index (χ2v) is 11.7. The summed E-state index contributed by atoms with van der Waals surface area (Å²) in [5.74, 6) is 1.58. The van der Waals surface area contributed by atoms with Gasteiger partial charge >= 0.3 is 0 Å². The first-order valence-electron chi connectivity index (χ1n) is 12.5. The molecule has 4 aromatic rings. The average Bonchev–Trinajstić information content (AvgIpc) is 3.49. The molecule has 0 radical (unpaired) electrons. The number of fused-ring (bicyclic) bond motifs is 1. The van der Waals surface area contributed by atoms with Gasteiger partial charge in [0, 0.05) is 52.9 Å². The van der Waals surface area contributed by atoms with Crippen molar-refractivity contribution in [3.8, 4) is 11.3 Å². The number of piperazine rings is 1. The van der Waals surface area contributed by atoms with Gasteiger partial charge in [0.2, 0.25) is 5.91 Å². The van der Waals surface area contributed by atoms with Crippen LogP contribution in [-0.2, 0) is 11.2 Å². The highest BCUT2D eigenvalue weighted by Crippen LogP contribution is 2.40. The van der Waals surface area contributed by atoms with Gasteiger partial charge in [-0.25, -0.2) is 14.4 Å². The molecule has 0 unspecified atom stereocenters. The molecule has 9 nitrogen and oxygen atoms in total. The highest BCUT2D eigenvalue weighted by atomic mass is 79.9. The lowest BCUT2D eigenvalue weighted by atomic mass is 10.2. The number of nitrogens with zero attached hydrogens (tertiary/aromatic N) is 8. The van der Waals surface area contributed by atoms with Crippen molar-refractivity contribution >= 4 is 55.6 Å². The highest BCUT2D eigenvalue weighted by Gasteiger charge is 2.24. The average molecular weight is 618 g/mol. The van der Waals surface area contributed by atoms with E-state index in [1.807, 2.05) is 28.6 Å². The minimum Gasteiger partial charge on any atom is -0.353 e. The Morgan fingerprint density at radius 3 is 2.38 bits per heavy atom. The fraction of sp³-hybridized carbons (Fsp3) is 0.407. The number of rotatable bonds is 7. The first kappa shape index (κ1) is 28.9. The van der Waals surface area contributed by atoms with E-state index in [-0.39, 0.29) is 19.2 Å². The Bertz CT molecular complexity index is 1450. The van der Waals surface area contributed by atoms with E-state index in [0.717, 1.165) is 75.8 Å². The van der Waals surface area contributed by atoms with Gasteiger partial charge < -0.3 is 14.7 Å². The van der Waals surface area contributed by atoms with E-state index >= 15 is 0 Å². The fourth-order valence-electron chi connectivity index (χ4n) is 4.48. The molecule has 12 heteroatoms. The summed E-state index contributed by atoms with van der Waals surface area (Å²) in [4.78, 5) is 29.9. The molecule has 1 aromatic carbocycles. The topological polar surface area (TPSA) is 73.1 Å². The summed E-state index contributed by atoms with van der Waals surface area (Å²) in [6.45, 7) is 5.70. The predicted molar refractivity (Wildman–Crippen MR) is 160 cm³/mol. The number of hydrogen-bond acceptors (Lipinski definition) is 8. The van der Waals surface area contributed by atoms with Crippen LogP contribution in [0.2, 0.25) is 0 Å². The van der Waals surface area contributed by atoms with Gasteiger partial charge in [-0.05, 0) is 58.7 Å². The molecule has 1 fully saturated rings. The van der Waals surface area contributed by atoms with Gasteiger partial charge in [0.15, 0.2) is 16.6 Å². The van der Waals surface area contributed by atoms with E-state index in [1.165, 1.54) is 23.5 Å². The van der Waals surface area contributed by atoms with Gasteiger partial charge in [-0.3, -0.25) is 9.69 Å². The first-order chi connectivity index (χ1) is 18.2. The zero-order valence-corrected chi connectivity index (χ0v) is 24.3. The van der Waals surface area contributed by atoms with Gasteiger partial charge in [0.25, 0.3) is 0 Å². The third-order valence-electron chi connectivity index (χ3n) is 6.69. The maximum atomic E-state index is 13.4. The number of aromatic nitrogens is 4. The summed E-state index contributed by atoms with van der Waals surface area (Å²) < 4.78 is 16.2. The lowest BCUT2D eigenvalue weighted by Crippen LogP contribution is -2.49. The minimum atomic E-state index is -0.277. The molecule has 1 aliphatic rings. The monoisotopic (exact) mass is 616 g/mol. The second kappa shape index (κ2) is 12.0. The Kier molecular flexibility index (Phi) is 8.87. The quantitative estimate of drug-likeness (QED) is 0.291. The number of amides is 1. The molecule has 4 heterocycles. The summed E-state index contributed by atoms with van der Waals surface area (Å²) in [5.41, 5.74) is 3.31. The lowest BCUT2D eigenvalue weighted by molar-refractivity contribution is -0.129. The Hall–Kier alpha value is -3.09. The molecule has 0 N–H and O–H groups in total. The number of imidazole rings is 1. The van der Waals surface area contributed by atoms with E-state index in [1.54, 1.807) is 31.1 Å². The van der Waals surface area contributed by atoms with Gasteiger partial charge in [-0.2, -0.15) is 4.52 Å². The number of aryl methyl sites for hydroxylation is 1. The molecular formula is C27H34BrFN8OS. The molecule has 0 spiro atoms. The number of likely N-dealkylation sites (N-methyl/N-ethyl adjacent to an activating group) is 1. The van der Waals surface area contributed by atoms with Crippen molar-refractivity contribution in [2.75, 3.05) is 63.7 Å². The Morgan fingerprint density at radius 1 is 1.05 bits per heavy atom. The van der Waals surface area contributed by atoms with Crippen LogP contribution in [0.15, 0.2) is 40.2 Å². The van der Waals surface area contributed by atoms with Gasteiger partial charge in [0.1, 0.15) is 11.6 Å². The number of hydrogen-bond donors (Lipinski definition) is 0. The zero-order valence-electron chi connectivity index (χ0n) is 21.9. The molecule has 0 atom stereocenters. The molecule has 3 aromatic heterocycles. The summed E-state index contributed by atoms with van der Waals surface area (Å²) in [5, 5.41) is 5.77. The van der Waals surface area contributed by atoms with Crippen LogP contribution in [0, 0.1) is 5.82 Å². The van der Waals surface area contributed by atoms with E-state index in [0.29, 0.717) is 6.54 Å². The van der Waals surface area contributed by atoms with Crippen LogP contribution in [0.1, 0.15) is 20.0 Å². The van der Waals surface area contributed by atoms with Gasteiger partial charge in [-0.1, -0.05) is 25.7 Å². The number of benzene rings is 1. The maximum absolute atomic E-state index is 13.4. The molecule has 0 aliphatic carbocycles. The second-order valence-electron chi connectivity index (χ2n) is 9.43. The Morgan fingerprint density at radius 2 is 1.74 bits per heavy atom. The molecule has 1 saturated heterocycles. The third-order valence-corrected chi connectivity index (χ3v) is 8.48. The molecule has 1 amide bonds. The summed E-state index contributed by atoms with van der Waals surface area (Å²) in [6.07, 6.45) is 0.744. The molecule has 5 rings (SSSR count). The van der Waals surface area contributed by atoms with Crippen LogP contribution in [-0.4, -0.2) is 89.2 Å². The van der Waals surface area contributed by atoms with Crippen LogP contribution in [0.5, 0.6) is 0 Å². The smallest absolute Gasteiger partial charge is 0.236 e. The number of carbonyl (C=O) groups excluding carboxylic acids is 1. The molecule has 1 aliphatic heterocycles. The van der Waals surface area contributed by atoms with Gasteiger partial charge in [-0.15, -0.1) is 5.10 Å². The molecular weight excluding hydrogens is 583 g/mol. The number of carbonyl (C=O) groups is 1. The van der Waals surface area contributed by atoms with Crippen LogP contribution in [0.4, 0.5) is 21.2 Å². The Labute approximate surface area is 241 Å². The molecule has 208 valence electrons. The highest BCUT2D eigenvalue weighted by molar-refractivity contribution is 9.11. The Balaban J connectivity index is 0.00000353. The van der Waals surface area contributed by atoms with Crippen molar-refractivity contribution in [1.82, 2.24) is 29.4 Å². The number of halogens is 2. The number of anilines is 3. The summed E-state index contributed by atoms with van der Waals surface area (Å²) in [6, 6.07) is 10.4. The van der Waals surface area contributed by atoms with Crippen LogP contribution < -0.4 is 9.80 Å². The third kappa shape index (κ3) is 5.92. The fourth-order valence-corrected chi connectivity index (χ4v) is 6.01. The minimum absolute atomic E-state index is 0. The van der Waals surface area contributed by atoms with E-state index in [4.69, 9.17) is 15.1 Å². The SMILES string of the molecule is C.CCc1nc2ccc(N3CCN(CC(=O)N(C)C)CC3)nn2c1N(C)c1nc(-c2ccc(F)cc2)c(Br)s1. The zero-order chi connectivity index (χ0) is 27.0. The van der Waals surface area contributed by atoms with Crippen LogP contribution in [0.25, 0.3) is 16.9 Å². The van der Waals surface area contributed by atoms with Crippen molar-refractivity contribution in [3.63, 3.8) is 0 Å². The largest absolute Gasteiger partial charge is 0.353 e. The van der Waals surface area contributed by atoms with Crippen molar-refractivity contribution in [2.24, 2.45) is 0 Å². The van der Waals surface area contributed by atoms with Crippen molar-refractivity contribution < 1.29 is 9.18 Å². The first-order valence-corrected chi connectivity index (χ1v) is 14.1. The molecule has 39 heavy (non-hydrogen) atoms. The normalized spacial score (nSPS) is 13.9. The molecule has 0 bridgehead atoms. The van der Waals surface area contributed by atoms with E-state index < -0.39 is 0 Å². The van der Waals surface area contributed by atoms with Crippen LogP contribution >= 0.6 is 27.3 Å². The summed E-state index contributed by atoms with van der Waals surface area (Å²) >= 11 is 5.15. The van der Waals surface area contributed by atoms with Crippen molar-refractivity contribution in [1.29, 1.82) is 0 Å². The number of thiazole rings is 1. The molecule has 0 saturated carbocycles. The van der Waals surface area contributed by atoms with Gasteiger partial charge in [0.05, 0.1) is 21.7 Å². The van der Waals surface area contributed by atoms with Crippen molar-refractivity contribution in [3.05, 3.63) is 51.7 Å². The van der Waals surface area contributed by atoms with E-state index in [9.17, 15) is 9.18 Å². The summed E-state index contributed by atoms with van der Waals surface area (Å²) in [7, 11) is 5.54. The van der Waals surface area contributed by atoms with Crippen molar-refractivity contribution in [2.45, 2.75) is 20.8 Å². The lowest BCUT2D eigenvalue weighted by Gasteiger charge is -2.35.